The lowest BCUT2D eigenvalue weighted by molar-refractivity contribution is -0.127. The van der Waals surface area contributed by atoms with E-state index >= 15 is 0 Å². The van der Waals surface area contributed by atoms with Crippen LogP contribution in [0.4, 0.5) is 5.69 Å². The third kappa shape index (κ3) is 3.09. The van der Waals surface area contributed by atoms with E-state index in [9.17, 15) is 4.79 Å². The van der Waals surface area contributed by atoms with Crippen LogP contribution in [0.15, 0.2) is 16.6 Å². The van der Waals surface area contributed by atoms with Crippen molar-refractivity contribution in [1.29, 1.82) is 0 Å². The van der Waals surface area contributed by atoms with Crippen molar-refractivity contribution in [3.05, 3.63) is 21.6 Å². The lowest BCUT2D eigenvalue weighted by Crippen LogP contribution is -2.36. The fraction of sp³-hybridized carbons (Fsp3) is 0.417. The van der Waals surface area contributed by atoms with Crippen molar-refractivity contribution >= 4 is 39.1 Å². The summed E-state index contributed by atoms with van der Waals surface area (Å²) in [7, 11) is 0. The SMILES string of the molecule is Nc1cc(Cl)cc(Br)c1OC1CCCCNC1=O. The third-order valence-electron chi connectivity index (χ3n) is 2.78. The number of hydrogen-bond acceptors (Lipinski definition) is 3. The number of nitrogens with two attached hydrogens (primary N) is 1. The zero-order chi connectivity index (χ0) is 13.1. The number of carbonyl (C=O) groups excluding carboxylic acids is 1. The van der Waals surface area contributed by atoms with Crippen LogP contribution in [0, 0.1) is 0 Å². The molecule has 3 N–H and O–H groups in total. The van der Waals surface area contributed by atoms with E-state index in [1.807, 2.05) is 0 Å². The number of anilines is 1. The van der Waals surface area contributed by atoms with E-state index in [1.165, 1.54) is 0 Å². The quantitative estimate of drug-likeness (QED) is 0.818. The van der Waals surface area contributed by atoms with Gasteiger partial charge in [-0.05, 0) is 47.3 Å². The Hall–Kier alpha value is -0.940. The van der Waals surface area contributed by atoms with Gasteiger partial charge >= 0.3 is 0 Å². The topological polar surface area (TPSA) is 64.3 Å². The number of rotatable bonds is 2. The van der Waals surface area contributed by atoms with Gasteiger partial charge in [-0.25, -0.2) is 0 Å². The highest BCUT2D eigenvalue weighted by atomic mass is 79.9. The number of hydrogen-bond donors (Lipinski definition) is 2. The summed E-state index contributed by atoms with van der Waals surface area (Å²) in [5, 5.41) is 3.34. The van der Waals surface area contributed by atoms with Crippen LogP contribution in [0.1, 0.15) is 19.3 Å². The average Bonchev–Trinajstić information content (AvgIpc) is 2.49. The van der Waals surface area contributed by atoms with E-state index in [0.717, 1.165) is 12.8 Å². The number of halogens is 2. The minimum atomic E-state index is -0.493. The Kier molecular flexibility index (Phi) is 4.35. The van der Waals surface area contributed by atoms with Gasteiger partial charge < -0.3 is 15.8 Å². The summed E-state index contributed by atoms with van der Waals surface area (Å²) in [6, 6.07) is 3.30. The Labute approximate surface area is 119 Å². The molecule has 0 radical (unpaired) electrons. The van der Waals surface area contributed by atoms with Crippen LogP contribution in [-0.4, -0.2) is 18.6 Å². The Morgan fingerprint density at radius 2 is 2.22 bits per heavy atom. The van der Waals surface area contributed by atoms with Crippen molar-refractivity contribution in [2.24, 2.45) is 0 Å². The average molecular weight is 334 g/mol. The van der Waals surface area contributed by atoms with Crippen molar-refractivity contribution in [1.82, 2.24) is 5.32 Å². The van der Waals surface area contributed by atoms with E-state index in [-0.39, 0.29) is 5.91 Å². The molecule has 1 unspecified atom stereocenters. The van der Waals surface area contributed by atoms with Crippen LogP contribution in [0.5, 0.6) is 5.75 Å². The Balaban J connectivity index is 2.20. The van der Waals surface area contributed by atoms with Crippen molar-refractivity contribution in [2.75, 3.05) is 12.3 Å². The van der Waals surface area contributed by atoms with Crippen LogP contribution in [-0.2, 0) is 4.79 Å². The molecule has 0 bridgehead atoms. The molecule has 1 saturated heterocycles. The molecular weight excluding hydrogens is 320 g/mol. The van der Waals surface area contributed by atoms with Crippen LogP contribution in [0.3, 0.4) is 0 Å². The summed E-state index contributed by atoms with van der Waals surface area (Å²) in [6.07, 6.45) is 2.13. The van der Waals surface area contributed by atoms with Crippen LogP contribution >= 0.6 is 27.5 Å². The van der Waals surface area contributed by atoms with Crippen molar-refractivity contribution in [2.45, 2.75) is 25.4 Å². The Bertz CT molecular complexity index is 444. The molecule has 0 spiro atoms. The van der Waals surface area contributed by atoms with Gasteiger partial charge in [-0.2, -0.15) is 0 Å². The minimum absolute atomic E-state index is 0.0891. The van der Waals surface area contributed by atoms with Gasteiger partial charge in [0.25, 0.3) is 5.91 Å². The normalized spacial score (nSPS) is 20.1. The number of benzene rings is 1. The monoisotopic (exact) mass is 332 g/mol. The highest BCUT2D eigenvalue weighted by Crippen LogP contribution is 2.35. The number of amides is 1. The van der Waals surface area contributed by atoms with Gasteiger partial charge in [-0.1, -0.05) is 11.6 Å². The molecule has 0 saturated carbocycles. The second-order valence-electron chi connectivity index (χ2n) is 4.20. The predicted molar refractivity (Wildman–Crippen MR) is 74.8 cm³/mol. The van der Waals surface area contributed by atoms with Crippen LogP contribution in [0.2, 0.25) is 5.02 Å². The molecule has 6 heteroatoms. The molecule has 2 rings (SSSR count). The van der Waals surface area contributed by atoms with Crippen molar-refractivity contribution < 1.29 is 9.53 Å². The zero-order valence-corrected chi connectivity index (χ0v) is 12.1. The first-order valence-electron chi connectivity index (χ1n) is 5.77. The predicted octanol–water partition coefficient (Wildman–Crippen LogP) is 2.73. The summed E-state index contributed by atoms with van der Waals surface area (Å²) >= 11 is 9.22. The molecule has 1 fully saturated rings. The molecule has 98 valence electrons. The molecule has 1 amide bonds. The summed E-state index contributed by atoms with van der Waals surface area (Å²) in [6.45, 7) is 0.704. The molecule has 0 aromatic heterocycles. The second-order valence-corrected chi connectivity index (χ2v) is 5.49. The molecule has 1 aromatic rings. The van der Waals surface area contributed by atoms with Gasteiger partial charge in [0, 0.05) is 11.6 Å². The van der Waals surface area contributed by atoms with E-state index in [4.69, 9.17) is 22.1 Å². The molecular formula is C12H14BrClN2O2. The fourth-order valence-corrected chi connectivity index (χ4v) is 2.80. The van der Waals surface area contributed by atoms with E-state index in [2.05, 4.69) is 21.2 Å². The first-order valence-corrected chi connectivity index (χ1v) is 6.94. The maximum Gasteiger partial charge on any atom is 0.261 e. The minimum Gasteiger partial charge on any atom is -0.477 e. The highest BCUT2D eigenvalue weighted by Gasteiger charge is 2.24. The van der Waals surface area contributed by atoms with Gasteiger partial charge in [0.2, 0.25) is 0 Å². The lowest BCUT2D eigenvalue weighted by atomic mass is 10.2. The van der Waals surface area contributed by atoms with Gasteiger partial charge in [-0.3, -0.25) is 4.79 Å². The zero-order valence-electron chi connectivity index (χ0n) is 9.71. The number of carbonyl (C=O) groups is 1. The molecule has 18 heavy (non-hydrogen) atoms. The number of nitrogen functional groups attached to an aromatic ring is 1. The molecule has 1 heterocycles. The van der Waals surface area contributed by atoms with Gasteiger partial charge in [0.1, 0.15) is 0 Å². The van der Waals surface area contributed by atoms with Gasteiger partial charge in [0.15, 0.2) is 11.9 Å². The highest BCUT2D eigenvalue weighted by molar-refractivity contribution is 9.10. The Morgan fingerprint density at radius 3 is 2.94 bits per heavy atom. The maximum absolute atomic E-state index is 11.8. The smallest absolute Gasteiger partial charge is 0.261 e. The lowest BCUT2D eigenvalue weighted by Gasteiger charge is -2.18. The fourth-order valence-electron chi connectivity index (χ4n) is 1.87. The second kappa shape index (κ2) is 5.80. The van der Waals surface area contributed by atoms with Crippen LogP contribution in [0.25, 0.3) is 0 Å². The maximum atomic E-state index is 11.8. The summed E-state index contributed by atoms with van der Waals surface area (Å²) < 4.78 is 6.38. The van der Waals surface area contributed by atoms with E-state index in [0.29, 0.717) is 33.9 Å². The number of ether oxygens (including phenoxy) is 1. The van der Waals surface area contributed by atoms with Crippen LogP contribution < -0.4 is 15.8 Å². The summed E-state index contributed by atoms with van der Waals surface area (Å²) in [4.78, 5) is 11.8. The molecule has 1 aliphatic heterocycles. The first-order chi connectivity index (χ1) is 8.58. The Morgan fingerprint density at radius 1 is 1.44 bits per heavy atom. The molecule has 1 aliphatic rings. The molecule has 4 nitrogen and oxygen atoms in total. The van der Waals surface area contributed by atoms with Gasteiger partial charge in [-0.15, -0.1) is 0 Å². The molecule has 1 atom stereocenters. The van der Waals surface area contributed by atoms with E-state index in [1.54, 1.807) is 12.1 Å². The number of nitrogens with one attached hydrogen (secondary N) is 1. The molecule has 0 aliphatic carbocycles. The third-order valence-corrected chi connectivity index (χ3v) is 3.59. The first kappa shape index (κ1) is 13.5. The largest absolute Gasteiger partial charge is 0.477 e. The standard InChI is InChI=1S/C12H14BrClN2O2/c13-8-5-7(14)6-9(15)11(8)18-10-3-1-2-4-16-12(10)17/h5-6,10H,1-4,15H2,(H,16,17). The van der Waals surface area contributed by atoms with E-state index < -0.39 is 6.10 Å². The van der Waals surface area contributed by atoms with Gasteiger partial charge in [0.05, 0.1) is 10.2 Å². The molecule has 1 aromatic carbocycles. The summed E-state index contributed by atoms with van der Waals surface area (Å²) in [5.41, 5.74) is 6.28. The van der Waals surface area contributed by atoms with Crippen molar-refractivity contribution in [3.63, 3.8) is 0 Å². The van der Waals surface area contributed by atoms with Crippen molar-refractivity contribution in [3.8, 4) is 5.75 Å². The summed E-state index contributed by atoms with van der Waals surface area (Å²) in [5.74, 6) is 0.384.